The number of ether oxygens (including phenoxy) is 1. The summed E-state index contributed by atoms with van der Waals surface area (Å²) in [4.78, 5) is 4.69. The Morgan fingerprint density at radius 1 is 1.19 bits per heavy atom. The van der Waals surface area contributed by atoms with Gasteiger partial charge in [-0.2, -0.15) is 0 Å². The molecule has 0 amide bonds. The van der Waals surface area contributed by atoms with Crippen LogP contribution in [0.5, 0.6) is 5.75 Å². The van der Waals surface area contributed by atoms with Gasteiger partial charge in [0.05, 0.1) is 5.69 Å². The molecule has 0 saturated carbocycles. The van der Waals surface area contributed by atoms with Crippen LogP contribution in [0.3, 0.4) is 0 Å². The van der Waals surface area contributed by atoms with Crippen molar-refractivity contribution in [2.75, 3.05) is 38.5 Å². The van der Waals surface area contributed by atoms with Gasteiger partial charge in [-0.3, -0.25) is 0 Å². The van der Waals surface area contributed by atoms with Gasteiger partial charge in [0.2, 0.25) is 6.35 Å². The van der Waals surface area contributed by atoms with E-state index in [1.807, 2.05) is 18.2 Å². The summed E-state index contributed by atoms with van der Waals surface area (Å²) in [6.07, 6.45) is 0.0195. The molecular formula is C12H17N3O. The van der Waals surface area contributed by atoms with Crippen molar-refractivity contribution in [3.8, 4) is 5.75 Å². The van der Waals surface area contributed by atoms with Gasteiger partial charge in [-0.15, -0.1) is 0 Å². The predicted molar refractivity (Wildman–Crippen MR) is 63.6 cm³/mol. The van der Waals surface area contributed by atoms with E-state index < -0.39 is 0 Å². The number of fused-ring (bicyclic) bond motifs is 1. The average Bonchev–Trinajstić information content (AvgIpc) is 2.73. The highest BCUT2D eigenvalue weighted by molar-refractivity contribution is 5.59. The Bertz CT molecular complexity index is 349. The summed E-state index contributed by atoms with van der Waals surface area (Å²) >= 11 is 0. The first-order chi connectivity index (χ1) is 7.83. The van der Waals surface area contributed by atoms with E-state index in [1.54, 1.807) is 0 Å². The van der Waals surface area contributed by atoms with Crippen LogP contribution < -0.4 is 10.1 Å². The van der Waals surface area contributed by atoms with Crippen molar-refractivity contribution in [3.63, 3.8) is 0 Å². The van der Waals surface area contributed by atoms with Gasteiger partial charge in [-0.25, -0.2) is 4.90 Å². The fraction of sp³-hybridized carbons (Fsp3) is 0.500. The molecule has 2 aliphatic heterocycles. The van der Waals surface area contributed by atoms with E-state index in [0.717, 1.165) is 37.6 Å². The lowest BCUT2D eigenvalue weighted by Gasteiger charge is -2.35. The zero-order valence-corrected chi connectivity index (χ0v) is 9.52. The zero-order chi connectivity index (χ0) is 11.0. The highest BCUT2D eigenvalue weighted by atomic mass is 16.5. The lowest BCUT2D eigenvalue weighted by molar-refractivity contribution is 0.0248. The van der Waals surface area contributed by atoms with E-state index in [-0.39, 0.29) is 6.35 Å². The minimum Gasteiger partial charge on any atom is -0.455 e. The van der Waals surface area contributed by atoms with Gasteiger partial charge in [0.15, 0.2) is 0 Å². The lowest BCUT2D eigenvalue weighted by Crippen LogP contribution is -2.52. The van der Waals surface area contributed by atoms with Crippen LogP contribution in [0.1, 0.15) is 0 Å². The Kier molecular flexibility index (Phi) is 2.46. The number of hydrogen-bond acceptors (Lipinski definition) is 4. The molecule has 4 heteroatoms. The second kappa shape index (κ2) is 3.96. The molecule has 1 unspecified atom stereocenters. The Labute approximate surface area is 95.8 Å². The molecule has 1 atom stereocenters. The number of nitrogens with one attached hydrogen (secondary N) is 1. The highest BCUT2D eigenvalue weighted by Crippen LogP contribution is 2.32. The van der Waals surface area contributed by atoms with Crippen LogP contribution in [-0.2, 0) is 0 Å². The third kappa shape index (κ3) is 1.74. The van der Waals surface area contributed by atoms with E-state index in [9.17, 15) is 0 Å². The molecule has 3 rings (SSSR count). The lowest BCUT2D eigenvalue weighted by atomic mass is 10.3. The third-order valence-electron chi connectivity index (χ3n) is 3.27. The van der Waals surface area contributed by atoms with Crippen LogP contribution in [0.2, 0.25) is 0 Å². The van der Waals surface area contributed by atoms with Gasteiger partial charge < -0.3 is 15.0 Å². The van der Waals surface area contributed by atoms with Crippen LogP contribution in [0.25, 0.3) is 0 Å². The van der Waals surface area contributed by atoms with Crippen LogP contribution in [0, 0.1) is 0 Å². The number of nitrogens with zero attached hydrogens (tertiary/aromatic N) is 2. The molecule has 0 radical (unpaired) electrons. The molecule has 1 aromatic carbocycles. The second-order valence-electron chi connectivity index (χ2n) is 4.45. The monoisotopic (exact) mass is 219 g/mol. The van der Waals surface area contributed by atoms with Crippen LogP contribution in [0.4, 0.5) is 5.69 Å². The molecule has 1 fully saturated rings. The summed E-state index contributed by atoms with van der Waals surface area (Å²) < 4.78 is 5.88. The molecule has 4 nitrogen and oxygen atoms in total. The molecule has 1 saturated heterocycles. The standard InChI is InChI=1S/C12H17N3O/c1-14-6-8-15(9-7-14)12-13-10-4-2-3-5-11(10)16-12/h2-5,12-13H,6-9H2,1H3. The fourth-order valence-electron chi connectivity index (χ4n) is 2.19. The van der Waals surface area contributed by atoms with Gasteiger partial charge in [0.25, 0.3) is 0 Å². The molecule has 0 bridgehead atoms. The molecular weight excluding hydrogens is 202 g/mol. The number of likely N-dealkylation sites (N-methyl/N-ethyl adjacent to an activating group) is 1. The van der Waals surface area contributed by atoms with E-state index in [2.05, 4.69) is 28.2 Å². The van der Waals surface area contributed by atoms with Crippen molar-refractivity contribution in [2.45, 2.75) is 6.35 Å². The number of piperazine rings is 1. The van der Waals surface area contributed by atoms with Crippen LogP contribution in [0.15, 0.2) is 24.3 Å². The molecule has 1 aromatic rings. The van der Waals surface area contributed by atoms with Crippen molar-refractivity contribution in [1.29, 1.82) is 0 Å². The topological polar surface area (TPSA) is 27.7 Å². The summed E-state index contributed by atoms with van der Waals surface area (Å²) in [6.45, 7) is 4.33. The quantitative estimate of drug-likeness (QED) is 0.763. The summed E-state index contributed by atoms with van der Waals surface area (Å²) in [5, 5.41) is 3.40. The molecule has 2 heterocycles. The smallest absolute Gasteiger partial charge is 0.230 e. The minimum absolute atomic E-state index is 0.0195. The Hall–Kier alpha value is -1.26. The minimum atomic E-state index is 0.0195. The molecule has 86 valence electrons. The average molecular weight is 219 g/mol. The number of benzene rings is 1. The summed E-state index contributed by atoms with van der Waals surface area (Å²) in [7, 11) is 2.16. The maximum absolute atomic E-state index is 5.88. The molecule has 16 heavy (non-hydrogen) atoms. The fourth-order valence-corrected chi connectivity index (χ4v) is 2.19. The normalized spacial score (nSPS) is 25.9. The predicted octanol–water partition coefficient (Wildman–Crippen LogP) is 1.02. The van der Waals surface area contributed by atoms with E-state index in [0.29, 0.717) is 0 Å². The summed E-state index contributed by atoms with van der Waals surface area (Å²) in [5.41, 5.74) is 1.10. The Balaban J connectivity index is 1.67. The highest BCUT2D eigenvalue weighted by Gasteiger charge is 2.28. The van der Waals surface area contributed by atoms with Gasteiger partial charge >= 0.3 is 0 Å². The van der Waals surface area contributed by atoms with E-state index in [1.165, 1.54) is 0 Å². The number of anilines is 1. The molecule has 0 spiro atoms. The maximum Gasteiger partial charge on any atom is 0.230 e. The summed E-state index contributed by atoms with van der Waals surface area (Å²) in [5.74, 6) is 0.964. The third-order valence-corrected chi connectivity index (χ3v) is 3.27. The number of para-hydroxylation sites is 2. The van der Waals surface area contributed by atoms with E-state index in [4.69, 9.17) is 4.74 Å². The largest absolute Gasteiger partial charge is 0.455 e. The summed E-state index contributed by atoms with van der Waals surface area (Å²) in [6, 6.07) is 8.11. The van der Waals surface area contributed by atoms with Gasteiger partial charge in [-0.1, -0.05) is 12.1 Å². The van der Waals surface area contributed by atoms with Crippen molar-refractivity contribution in [2.24, 2.45) is 0 Å². The SMILES string of the molecule is CN1CCN(C2Nc3ccccc3O2)CC1. The zero-order valence-electron chi connectivity index (χ0n) is 9.52. The van der Waals surface area contributed by atoms with Crippen LogP contribution >= 0.6 is 0 Å². The van der Waals surface area contributed by atoms with Crippen molar-refractivity contribution >= 4 is 5.69 Å². The van der Waals surface area contributed by atoms with Gasteiger partial charge in [-0.05, 0) is 19.2 Å². The molecule has 1 N–H and O–H groups in total. The van der Waals surface area contributed by atoms with Crippen LogP contribution in [-0.4, -0.2) is 49.4 Å². The van der Waals surface area contributed by atoms with E-state index >= 15 is 0 Å². The van der Waals surface area contributed by atoms with Crippen molar-refractivity contribution < 1.29 is 4.74 Å². The van der Waals surface area contributed by atoms with Gasteiger partial charge in [0.1, 0.15) is 5.75 Å². The second-order valence-corrected chi connectivity index (χ2v) is 4.45. The molecule has 0 aliphatic carbocycles. The Morgan fingerprint density at radius 2 is 1.94 bits per heavy atom. The number of hydrogen-bond donors (Lipinski definition) is 1. The molecule has 0 aromatic heterocycles. The Morgan fingerprint density at radius 3 is 2.69 bits per heavy atom. The first-order valence-electron chi connectivity index (χ1n) is 5.78. The first kappa shape index (κ1) is 9.93. The maximum atomic E-state index is 5.88. The first-order valence-corrected chi connectivity index (χ1v) is 5.78. The number of rotatable bonds is 1. The van der Waals surface area contributed by atoms with Gasteiger partial charge in [0, 0.05) is 26.2 Å². The van der Waals surface area contributed by atoms with Crippen molar-refractivity contribution in [1.82, 2.24) is 9.80 Å². The van der Waals surface area contributed by atoms with Crippen molar-refractivity contribution in [3.05, 3.63) is 24.3 Å². The molecule has 2 aliphatic rings.